The van der Waals surface area contributed by atoms with Crippen LogP contribution < -0.4 is 0 Å². The van der Waals surface area contributed by atoms with Crippen molar-refractivity contribution in [3.8, 4) is 0 Å². The van der Waals surface area contributed by atoms with Crippen LogP contribution in [0.15, 0.2) is 42.6 Å². The molecule has 15 heavy (non-hydrogen) atoms. The Morgan fingerprint density at radius 1 is 1.20 bits per heavy atom. The van der Waals surface area contributed by atoms with E-state index in [0.717, 1.165) is 11.3 Å². The van der Waals surface area contributed by atoms with Crippen LogP contribution in [0.3, 0.4) is 0 Å². The normalized spacial score (nSPS) is 14.9. The van der Waals surface area contributed by atoms with Crippen LogP contribution in [0.25, 0.3) is 0 Å². The van der Waals surface area contributed by atoms with Crippen molar-refractivity contribution in [2.45, 2.75) is 12.5 Å². The Kier molecular flexibility index (Phi) is 2.32. The first-order valence-electron chi connectivity index (χ1n) is 4.89. The van der Waals surface area contributed by atoms with Crippen LogP contribution in [0.1, 0.15) is 18.2 Å². The van der Waals surface area contributed by atoms with E-state index in [1.54, 1.807) is 17.8 Å². The maximum Gasteiger partial charge on any atom is 0.128 e. The Labute approximate surface area is 89.0 Å². The molecule has 0 amide bonds. The highest BCUT2D eigenvalue weighted by atomic mass is 16.3. The Balaban J connectivity index is 2.48. The van der Waals surface area contributed by atoms with Crippen LogP contribution in [0.2, 0.25) is 0 Å². The van der Waals surface area contributed by atoms with Gasteiger partial charge < -0.3 is 5.11 Å². The summed E-state index contributed by atoms with van der Waals surface area (Å²) < 4.78 is 1.69. The average Bonchev–Trinajstić information content (AvgIpc) is 2.66. The number of aryl methyl sites for hydroxylation is 1. The molecular weight excluding hydrogens is 188 g/mol. The second kappa shape index (κ2) is 3.51. The molecule has 0 aliphatic carbocycles. The van der Waals surface area contributed by atoms with E-state index in [4.69, 9.17) is 0 Å². The predicted octanol–water partition coefficient (Wildman–Crippen LogP) is 1.68. The molecule has 1 aromatic carbocycles. The van der Waals surface area contributed by atoms with Crippen molar-refractivity contribution in [1.82, 2.24) is 9.78 Å². The molecule has 2 aromatic rings. The summed E-state index contributed by atoms with van der Waals surface area (Å²) in [5.41, 5.74) is 0.661. The van der Waals surface area contributed by atoms with Gasteiger partial charge in [0.2, 0.25) is 0 Å². The van der Waals surface area contributed by atoms with E-state index in [9.17, 15) is 5.11 Å². The van der Waals surface area contributed by atoms with Gasteiger partial charge >= 0.3 is 0 Å². The van der Waals surface area contributed by atoms with Crippen molar-refractivity contribution in [1.29, 1.82) is 0 Å². The molecule has 0 bridgehead atoms. The van der Waals surface area contributed by atoms with Gasteiger partial charge in [-0.25, -0.2) is 0 Å². The van der Waals surface area contributed by atoms with Gasteiger partial charge in [0.15, 0.2) is 0 Å². The fourth-order valence-electron chi connectivity index (χ4n) is 1.76. The van der Waals surface area contributed by atoms with Crippen LogP contribution in [0.4, 0.5) is 0 Å². The Hall–Kier alpha value is -1.61. The van der Waals surface area contributed by atoms with E-state index < -0.39 is 5.60 Å². The van der Waals surface area contributed by atoms with E-state index in [0.29, 0.717) is 0 Å². The molecular formula is C12H14N2O. The summed E-state index contributed by atoms with van der Waals surface area (Å²) in [6.45, 7) is 1.78. The predicted molar refractivity (Wildman–Crippen MR) is 58.3 cm³/mol. The first-order chi connectivity index (χ1) is 7.12. The molecule has 1 heterocycles. The SMILES string of the molecule is Cn1nccc1C(C)(O)c1ccccc1. The summed E-state index contributed by atoms with van der Waals surface area (Å²) in [6, 6.07) is 11.4. The zero-order valence-corrected chi connectivity index (χ0v) is 8.88. The smallest absolute Gasteiger partial charge is 0.128 e. The van der Waals surface area contributed by atoms with Crippen molar-refractivity contribution in [2.75, 3.05) is 0 Å². The summed E-state index contributed by atoms with van der Waals surface area (Å²) in [6.07, 6.45) is 1.69. The van der Waals surface area contributed by atoms with Crippen molar-refractivity contribution in [2.24, 2.45) is 7.05 Å². The molecule has 2 rings (SSSR count). The Morgan fingerprint density at radius 3 is 2.40 bits per heavy atom. The highest BCUT2D eigenvalue weighted by molar-refractivity contribution is 5.30. The van der Waals surface area contributed by atoms with Gasteiger partial charge in [-0.1, -0.05) is 30.3 Å². The van der Waals surface area contributed by atoms with E-state index >= 15 is 0 Å². The van der Waals surface area contributed by atoms with Gasteiger partial charge in [-0.15, -0.1) is 0 Å². The minimum atomic E-state index is -0.994. The largest absolute Gasteiger partial charge is 0.379 e. The topological polar surface area (TPSA) is 38.0 Å². The minimum absolute atomic E-state index is 0.786. The van der Waals surface area contributed by atoms with Gasteiger partial charge in [-0.05, 0) is 18.6 Å². The fourth-order valence-corrected chi connectivity index (χ4v) is 1.76. The molecule has 0 fully saturated rings. The molecule has 1 unspecified atom stereocenters. The third-order valence-electron chi connectivity index (χ3n) is 2.66. The number of hydrogen-bond acceptors (Lipinski definition) is 2. The molecule has 1 aromatic heterocycles. The summed E-state index contributed by atoms with van der Waals surface area (Å²) in [5, 5.41) is 14.5. The summed E-state index contributed by atoms with van der Waals surface area (Å²) >= 11 is 0. The molecule has 0 saturated carbocycles. The second-order valence-corrected chi connectivity index (χ2v) is 3.78. The number of nitrogens with zero attached hydrogens (tertiary/aromatic N) is 2. The Morgan fingerprint density at radius 2 is 1.87 bits per heavy atom. The quantitative estimate of drug-likeness (QED) is 0.804. The van der Waals surface area contributed by atoms with E-state index in [1.165, 1.54) is 0 Å². The lowest BCUT2D eigenvalue weighted by atomic mass is 9.92. The molecule has 1 atom stereocenters. The van der Waals surface area contributed by atoms with E-state index in [-0.39, 0.29) is 0 Å². The van der Waals surface area contributed by atoms with E-state index in [1.807, 2.05) is 43.4 Å². The zero-order valence-electron chi connectivity index (χ0n) is 8.88. The van der Waals surface area contributed by atoms with Crippen molar-refractivity contribution >= 4 is 0 Å². The van der Waals surface area contributed by atoms with Crippen molar-refractivity contribution < 1.29 is 5.11 Å². The first kappa shape index (κ1) is 9.93. The highest BCUT2D eigenvalue weighted by Gasteiger charge is 2.27. The number of aromatic nitrogens is 2. The molecule has 0 aliphatic rings. The van der Waals surface area contributed by atoms with Crippen LogP contribution in [-0.4, -0.2) is 14.9 Å². The molecule has 1 N–H and O–H groups in total. The molecule has 0 radical (unpaired) electrons. The van der Waals surface area contributed by atoms with Crippen molar-refractivity contribution in [3.05, 3.63) is 53.9 Å². The lowest BCUT2D eigenvalue weighted by Gasteiger charge is -2.23. The summed E-state index contributed by atoms with van der Waals surface area (Å²) in [7, 11) is 1.83. The van der Waals surface area contributed by atoms with Gasteiger partial charge in [-0.3, -0.25) is 4.68 Å². The van der Waals surface area contributed by atoms with E-state index in [2.05, 4.69) is 5.10 Å². The molecule has 0 spiro atoms. The average molecular weight is 202 g/mol. The van der Waals surface area contributed by atoms with Gasteiger partial charge in [0.1, 0.15) is 5.60 Å². The van der Waals surface area contributed by atoms with Crippen LogP contribution in [0, 0.1) is 0 Å². The van der Waals surface area contributed by atoms with Crippen LogP contribution >= 0.6 is 0 Å². The van der Waals surface area contributed by atoms with Gasteiger partial charge in [-0.2, -0.15) is 5.10 Å². The number of hydrogen-bond donors (Lipinski definition) is 1. The summed E-state index contributed by atoms with van der Waals surface area (Å²) in [4.78, 5) is 0. The lowest BCUT2D eigenvalue weighted by Crippen LogP contribution is -2.25. The van der Waals surface area contributed by atoms with Crippen LogP contribution in [-0.2, 0) is 12.6 Å². The fraction of sp³-hybridized carbons (Fsp3) is 0.250. The monoisotopic (exact) mass is 202 g/mol. The lowest BCUT2D eigenvalue weighted by molar-refractivity contribution is 0.0929. The molecule has 0 saturated heterocycles. The van der Waals surface area contributed by atoms with Crippen LogP contribution in [0.5, 0.6) is 0 Å². The second-order valence-electron chi connectivity index (χ2n) is 3.78. The standard InChI is InChI=1S/C12H14N2O/c1-12(15,10-6-4-3-5-7-10)11-8-9-13-14(11)2/h3-9,15H,1-2H3. The molecule has 0 aliphatic heterocycles. The maximum absolute atomic E-state index is 10.5. The zero-order chi connectivity index (χ0) is 10.9. The first-order valence-corrected chi connectivity index (χ1v) is 4.89. The molecule has 78 valence electrons. The van der Waals surface area contributed by atoms with Gasteiger partial charge in [0, 0.05) is 13.2 Å². The van der Waals surface area contributed by atoms with Gasteiger partial charge in [0.05, 0.1) is 5.69 Å². The highest BCUT2D eigenvalue weighted by Crippen LogP contribution is 2.27. The molecule has 3 heteroatoms. The Bertz CT molecular complexity index is 446. The van der Waals surface area contributed by atoms with Crippen molar-refractivity contribution in [3.63, 3.8) is 0 Å². The summed E-state index contributed by atoms with van der Waals surface area (Å²) in [5.74, 6) is 0. The molecule has 3 nitrogen and oxygen atoms in total. The number of aliphatic hydroxyl groups is 1. The third-order valence-corrected chi connectivity index (χ3v) is 2.66. The maximum atomic E-state index is 10.5. The number of rotatable bonds is 2. The number of benzene rings is 1. The van der Waals surface area contributed by atoms with Gasteiger partial charge in [0.25, 0.3) is 0 Å². The third kappa shape index (κ3) is 1.66. The minimum Gasteiger partial charge on any atom is -0.379 e.